The van der Waals surface area contributed by atoms with E-state index in [0.29, 0.717) is 0 Å². The molecule has 252 valence electrons. The third-order valence-corrected chi connectivity index (χ3v) is 11.8. The maximum Gasteiger partial charge on any atom is 0.178 e. The number of hydrogen-bond donors (Lipinski definition) is 0. The molecule has 0 spiro atoms. The molecule has 2 unspecified atom stereocenters. The van der Waals surface area contributed by atoms with Crippen molar-refractivity contribution in [2.45, 2.75) is 12.0 Å². The van der Waals surface area contributed by atoms with Gasteiger partial charge in [0.15, 0.2) is 23.0 Å². The lowest BCUT2D eigenvalue weighted by atomic mass is 9.85. The molecule has 0 fully saturated rings. The summed E-state index contributed by atoms with van der Waals surface area (Å²) in [5.74, 6) is 1.99. The van der Waals surface area contributed by atoms with E-state index in [0.717, 1.165) is 83.0 Å². The molecule has 2 aliphatic rings. The second kappa shape index (κ2) is 10.3. The van der Waals surface area contributed by atoms with E-state index < -0.39 is 0 Å². The van der Waals surface area contributed by atoms with Crippen LogP contribution in [0.2, 0.25) is 0 Å². The van der Waals surface area contributed by atoms with Gasteiger partial charge in [-0.25, -0.2) is 0 Å². The number of benzene rings is 8. The van der Waals surface area contributed by atoms with Crippen LogP contribution in [0.5, 0.6) is 5.75 Å². The van der Waals surface area contributed by atoms with Crippen LogP contribution in [0.4, 0.5) is 0 Å². The molecule has 0 amide bonds. The van der Waals surface area contributed by atoms with E-state index in [1.807, 2.05) is 24.3 Å². The molecule has 13 rings (SSSR count). The molecule has 0 N–H and O–H groups in total. The Hall–Kier alpha value is -7.04. The van der Waals surface area contributed by atoms with Crippen LogP contribution in [0, 0.1) is 0 Å². The van der Waals surface area contributed by atoms with Gasteiger partial charge in [-0.15, -0.1) is 0 Å². The summed E-state index contributed by atoms with van der Waals surface area (Å²) in [5.41, 5.74) is 11.2. The van der Waals surface area contributed by atoms with Gasteiger partial charge in [-0.2, -0.15) is 0 Å². The minimum Gasteiger partial charge on any atom is -0.481 e. The average molecular weight is 693 g/mol. The van der Waals surface area contributed by atoms with Gasteiger partial charge < -0.3 is 18.0 Å². The van der Waals surface area contributed by atoms with E-state index in [1.165, 1.54) is 38.2 Å². The summed E-state index contributed by atoms with van der Waals surface area (Å²) in [6, 6.07) is 51.7. The van der Waals surface area contributed by atoms with Crippen molar-refractivity contribution in [3.63, 3.8) is 0 Å². The van der Waals surface area contributed by atoms with Crippen LogP contribution >= 0.6 is 0 Å². The fraction of sp³-hybridized carbons (Fsp3) is 0.0400. The highest BCUT2D eigenvalue weighted by Crippen LogP contribution is 2.53. The Morgan fingerprint density at radius 2 is 0.944 bits per heavy atom. The Balaban J connectivity index is 1.01. The van der Waals surface area contributed by atoms with E-state index in [4.69, 9.17) is 18.0 Å². The first-order valence-electron chi connectivity index (χ1n) is 18.5. The van der Waals surface area contributed by atoms with E-state index >= 15 is 0 Å². The van der Waals surface area contributed by atoms with Crippen LogP contribution in [0.15, 0.2) is 165 Å². The highest BCUT2D eigenvalue weighted by molar-refractivity contribution is 6.23. The summed E-state index contributed by atoms with van der Waals surface area (Å²) < 4.78 is 25.9. The van der Waals surface area contributed by atoms with Crippen LogP contribution in [0.1, 0.15) is 28.9 Å². The topological polar surface area (TPSA) is 48.7 Å². The zero-order valence-electron chi connectivity index (χ0n) is 28.8. The standard InChI is InChI=1S/C50H28O4/c1-2-12-32-31(11-1)45(27-17-23-43-39(25-27)37-21-19-35-29-9-5-7-15-41(29)51-47(35)49(37)53-43)33-13-3-4-14-34(33)46(32)28-18-24-44-40(26-28)38-22-20-36-30-10-6-8-16-42(30)52-48(36)50(38)54-44/h1-26,35,47H. The Bertz CT molecular complexity index is 3390. The van der Waals surface area contributed by atoms with Gasteiger partial charge in [0.25, 0.3) is 0 Å². The molecule has 1 aliphatic carbocycles. The van der Waals surface area contributed by atoms with Gasteiger partial charge in [0.05, 0.1) is 5.92 Å². The van der Waals surface area contributed by atoms with Crippen LogP contribution in [-0.2, 0) is 0 Å². The lowest BCUT2D eigenvalue weighted by Crippen LogP contribution is -2.11. The smallest absolute Gasteiger partial charge is 0.178 e. The van der Waals surface area contributed by atoms with Gasteiger partial charge in [0.1, 0.15) is 22.5 Å². The van der Waals surface area contributed by atoms with Crippen molar-refractivity contribution in [3.8, 4) is 28.0 Å². The molecule has 0 saturated carbocycles. The van der Waals surface area contributed by atoms with Gasteiger partial charge in [-0.3, -0.25) is 0 Å². The molecule has 2 atom stereocenters. The SMILES string of the molecule is C1=CC2c3ccccc3OC2c2oc3ccc(-c4c5ccccc5c(-c5ccc6oc7c(ccc8c9ccccc9oc87)c6c5)c5ccccc45)cc3c21. The van der Waals surface area contributed by atoms with E-state index in [9.17, 15) is 0 Å². The maximum absolute atomic E-state index is 6.59. The van der Waals surface area contributed by atoms with Gasteiger partial charge in [0, 0.05) is 38.1 Å². The summed E-state index contributed by atoms with van der Waals surface area (Å²) in [6.45, 7) is 0. The third kappa shape index (κ3) is 3.71. The molecule has 4 heterocycles. The quantitative estimate of drug-likeness (QED) is 0.169. The number of hydrogen-bond acceptors (Lipinski definition) is 4. The molecule has 0 saturated heterocycles. The Labute approximate surface area is 308 Å². The van der Waals surface area contributed by atoms with Gasteiger partial charge >= 0.3 is 0 Å². The van der Waals surface area contributed by atoms with Gasteiger partial charge in [-0.1, -0.05) is 109 Å². The second-order valence-corrected chi connectivity index (χ2v) is 14.6. The summed E-state index contributed by atoms with van der Waals surface area (Å²) in [6.07, 6.45) is 4.35. The van der Waals surface area contributed by atoms with E-state index in [1.54, 1.807) is 0 Å². The van der Waals surface area contributed by atoms with Crippen molar-refractivity contribution in [2.75, 3.05) is 0 Å². The Morgan fingerprint density at radius 3 is 1.63 bits per heavy atom. The lowest BCUT2D eigenvalue weighted by Gasteiger charge is -2.19. The molecule has 3 aromatic heterocycles. The number of para-hydroxylation sites is 2. The Morgan fingerprint density at radius 1 is 0.407 bits per heavy atom. The molecule has 8 aromatic carbocycles. The number of fused-ring (bicyclic) bond motifs is 16. The van der Waals surface area contributed by atoms with Gasteiger partial charge in [0.2, 0.25) is 0 Å². The van der Waals surface area contributed by atoms with Crippen LogP contribution in [0.3, 0.4) is 0 Å². The van der Waals surface area contributed by atoms with Crippen molar-refractivity contribution < 1.29 is 18.0 Å². The zero-order chi connectivity index (χ0) is 35.1. The zero-order valence-corrected chi connectivity index (χ0v) is 28.8. The molecule has 11 aromatic rings. The molecule has 1 aliphatic heterocycles. The number of rotatable bonds is 2. The second-order valence-electron chi connectivity index (χ2n) is 14.6. The van der Waals surface area contributed by atoms with Gasteiger partial charge in [-0.05, 0) is 92.3 Å². The predicted octanol–water partition coefficient (Wildman–Crippen LogP) is 14.1. The molecule has 0 bridgehead atoms. The first kappa shape index (κ1) is 28.5. The largest absolute Gasteiger partial charge is 0.481 e. The van der Waals surface area contributed by atoms with Crippen LogP contribution in [-0.4, -0.2) is 0 Å². The molecular formula is C50H28O4. The molecular weight excluding hydrogens is 665 g/mol. The van der Waals surface area contributed by atoms with Crippen molar-refractivity contribution in [1.29, 1.82) is 0 Å². The van der Waals surface area contributed by atoms with Crippen LogP contribution in [0.25, 0.3) is 105 Å². The summed E-state index contributed by atoms with van der Waals surface area (Å²) in [5, 5.41) is 10.2. The van der Waals surface area contributed by atoms with Crippen molar-refractivity contribution in [2.24, 2.45) is 0 Å². The third-order valence-electron chi connectivity index (χ3n) is 11.8. The highest BCUT2D eigenvalue weighted by Gasteiger charge is 2.40. The van der Waals surface area contributed by atoms with Crippen molar-refractivity contribution >= 4 is 82.5 Å². The summed E-state index contributed by atoms with van der Waals surface area (Å²) in [4.78, 5) is 0. The maximum atomic E-state index is 6.59. The van der Waals surface area contributed by atoms with E-state index in [2.05, 4.69) is 133 Å². The highest BCUT2D eigenvalue weighted by atomic mass is 16.5. The normalized spacial score (nSPS) is 16.2. The van der Waals surface area contributed by atoms with E-state index in [-0.39, 0.29) is 12.0 Å². The Kier molecular flexibility index (Phi) is 5.44. The fourth-order valence-corrected chi connectivity index (χ4v) is 9.45. The minimum absolute atomic E-state index is 0.152. The first-order chi connectivity index (χ1) is 26.8. The predicted molar refractivity (Wildman–Crippen MR) is 218 cm³/mol. The molecule has 54 heavy (non-hydrogen) atoms. The number of ether oxygens (including phenoxy) is 1. The van der Waals surface area contributed by atoms with Crippen LogP contribution < -0.4 is 4.74 Å². The monoisotopic (exact) mass is 692 g/mol. The minimum atomic E-state index is -0.159. The molecule has 0 radical (unpaired) electrons. The average Bonchev–Trinajstić information content (AvgIpc) is 3.99. The summed E-state index contributed by atoms with van der Waals surface area (Å²) in [7, 11) is 0. The number of furan rings is 3. The molecule has 4 heteroatoms. The van der Waals surface area contributed by atoms with Crippen molar-refractivity contribution in [1.82, 2.24) is 0 Å². The molecule has 4 nitrogen and oxygen atoms in total. The lowest BCUT2D eigenvalue weighted by molar-refractivity contribution is 0.193. The summed E-state index contributed by atoms with van der Waals surface area (Å²) >= 11 is 0. The first-order valence-corrected chi connectivity index (χ1v) is 18.5. The fourth-order valence-electron chi connectivity index (χ4n) is 9.45. The van der Waals surface area contributed by atoms with Crippen molar-refractivity contribution in [3.05, 3.63) is 169 Å².